The molecule has 34 heavy (non-hydrogen) atoms. The molecule has 1 aliphatic rings. The molecule has 0 aliphatic heterocycles. The van der Waals surface area contributed by atoms with E-state index in [1.807, 2.05) is 6.07 Å². The smallest absolute Gasteiger partial charge is 0.220 e. The van der Waals surface area contributed by atoms with Crippen molar-refractivity contribution in [1.29, 1.82) is 0 Å². The van der Waals surface area contributed by atoms with Crippen LogP contribution >= 0.6 is 0 Å². The fraction of sp³-hybridized carbons (Fsp3) is 0.500. The highest BCUT2D eigenvalue weighted by atomic mass is 19.1. The average Bonchev–Trinajstić information content (AvgIpc) is 2.79. The Morgan fingerprint density at radius 1 is 1.00 bits per heavy atom. The fourth-order valence-electron chi connectivity index (χ4n) is 4.94. The maximum Gasteiger partial charge on any atom is 0.220 e. The third kappa shape index (κ3) is 7.66. The van der Waals surface area contributed by atoms with Crippen LogP contribution in [0.2, 0.25) is 0 Å². The van der Waals surface area contributed by atoms with Gasteiger partial charge in [-0.3, -0.25) is 9.59 Å². The van der Waals surface area contributed by atoms with E-state index in [4.69, 9.17) is 0 Å². The Labute approximate surface area is 203 Å². The summed E-state index contributed by atoms with van der Waals surface area (Å²) in [5.74, 6) is -0.498. The van der Waals surface area contributed by atoms with Crippen LogP contribution in [-0.4, -0.2) is 48.9 Å². The van der Waals surface area contributed by atoms with Crippen LogP contribution in [0, 0.1) is 12.7 Å². The van der Waals surface area contributed by atoms with Gasteiger partial charge in [0.05, 0.1) is 0 Å². The minimum Gasteiger partial charge on any atom is -0.356 e. The lowest BCUT2D eigenvalue weighted by atomic mass is 9.74. The summed E-state index contributed by atoms with van der Waals surface area (Å²) in [4.78, 5) is 26.9. The lowest BCUT2D eigenvalue weighted by Crippen LogP contribution is -2.52. The third-order valence-corrected chi connectivity index (χ3v) is 7.05. The molecule has 1 fully saturated rings. The van der Waals surface area contributed by atoms with Crippen molar-refractivity contribution in [3.8, 4) is 0 Å². The number of hydrogen-bond acceptors (Lipinski definition) is 3. The number of rotatable bonds is 10. The number of nitrogens with zero attached hydrogens (tertiary/aromatic N) is 1. The first-order valence-corrected chi connectivity index (χ1v) is 12.3. The van der Waals surface area contributed by atoms with Gasteiger partial charge in [-0.25, -0.2) is 4.39 Å². The Morgan fingerprint density at radius 3 is 2.35 bits per heavy atom. The van der Waals surface area contributed by atoms with Crippen molar-refractivity contribution in [3.05, 3.63) is 71.0 Å². The number of carbonyl (C=O) groups excluding carboxylic acids is 2. The molecule has 5 nitrogen and oxygen atoms in total. The molecule has 3 rings (SSSR count). The van der Waals surface area contributed by atoms with Crippen LogP contribution < -0.4 is 10.6 Å². The standard InChI is InChI=1S/C28H38FN3O2/c1-21-6-4-8-23(18-21)20-28(32(2)3)15-12-25(13-16-28)31-27(34)11-10-26(33)30-17-14-22-7-5-9-24(29)19-22/h4-9,18-19,25H,10-17,20H2,1-3H3,(H,30,33)(H,31,34). The van der Waals surface area contributed by atoms with Crippen molar-refractivity contribution < 1.29 is 14.0 Å². The van der Waals surface area contributed by atoms with Gasteiger partial charge in [0.25, 0.3) is 0 Å². The Kier molecular flexibility index (Phi) is 9.22. The van der Waals surface area contributed by atoms with Crippen LogP contribution in [-0.2, 0) is 22.4 Å². The SMILES string of the molecule is Cc1cccc(CC2(N(C)C)CCC(NC(=O)CCC(=O)NCCc3cccc(F)c3)CC2)c1. The summed E-state index contributed by atoms with van der Waals surface area (Å²) in [5, 5.41) is 5.95. The molecular formula is C28H38FN3O2. The first kappa shape index (κ1) is 25.9. The highest BCUT2D eigenvalue weighted by Gasteiger charge is 2.37. The normalized spacial score (nSPS) is 20.2. The second-order valence-electron chi connectivity index (χ2n) is 9.86. The van der Waals surface area contributed by atoms with E-state index in [9.17, 15) is 14.0 Å². The van der Waals surface area contributed by atoms with E-state index >= 15 is 0 Å². The van der Waals surface area contributed by atoms with Crippen molar-refractivity contribution in [1.82, 2.24) is 15.5 Å². The summed E-state index contributed by atoms with van der Waals surface area (Å²) in [5.41, 5.74) is 3.59. The molecule has 2 aromatic rings. The first-order chi connectivity index (χ1) is 16.3. The molecule has 2 N–H and O–H groups in total. The van der Waals surface area contributed by atoms with Gasteiger partial charge in [-0.1, -0.05) is 42.0 Å². The number of halogens is 1. The molecule has 6 heteroatoms. The molecule has 0 atom stereocenters. The Bertz CT molecular complexity index is 968. The number of amides is 2. The van der Waals surface area contributed by atoms with Gasteiger partial charge in [-0.05, 0) is 82.8 Å². The molecule has 0 bridgehead atoms. The van der Waals surface area contributed by atoms with Crippen molar-refractivity contribution in [2.45, 2.75) is 69.9 Å². The van der Waals surface area contributed by atoms with Crippen molar-refractivity contribution in [3.63, 3.8) is 0 Å². The van der Waals surface area contributed by atoms with Crippen LogP contribution in [0.4, 0.5) is 4.39 Å². The zero-order chi connectivity index (χ0) is 24.6. The zero-order valence-electron chi connectivity index (χ0n) is 20.7. The number of likely N-dealkylation sites (N-methyl/N-ethyl adjacent to an activating group) is 1. The maximum absolute atomic E-state index is 13.2. The van der Waals surface area contributed by atoms with Gasteiger partial charge < -0.3 is 15.5 Å². The summed E-state index contributed by atoms with van der Waals surface area (Å²) < 4.78 is 13.2. The van der Waals surface area contributed by atoms with E-state index in [0.29, 0.717) is 13.0 Å². The van der Waals surface area contributed by atoms with Crippen LogP contribution in [0.5, 0.6) is 0 Å². The lowest BCUT2D eigenvalue weighted by molar-refractivity contribution is -0.127. The van der Waals surface area contributed by atoms with Gasteiger partial charge in [0.1, 0.15) is 5.82 Å². The molecule has 0 spiro atoms. The fourth-order valence-corrected chi connectivity index (χ4v) is 4.94. The lowest BCUT2D eigenvalue weighted by Gasteiger charge is -2.45. The topological polar surface area (TPSA) is 61.4 Å². The van der Waals surface area contributed by atoms with E-state index in [2.05, 4.69) is 60.8 Å². The van der Waals surface area contributed by atoms with E-state index in [1.165, 1.54) is 23.3 Å². The Morgan fingerprint density at radius 2 is 1.68 bits per heavy atom. The van der Waals surface area contributed by atoms with E-state index in [-0.39, 0.29) is 42.1 Å². The molecule has 184 valence electrons. The summed E-state index contributed by atoms with van der Waals surface area (Å²) in [7, 11) is 4.31. The van der Waals surface area contributed by atoms with Gasteiger partial charge in [-0.2, -0.15) is 0 Å². The predicted molar refractivity (Wildman–Crippen MR) is 134 cm³/mol. The summed E-state index contributed by atoms with van der Waals surface area (Å²) >= 11 is 0. The van der Waals surface area contributed by atoms with Crippen LogP contribution in [0.1, 0.15) is 55.2 Å². The highest BCUT2D eigenvalue weighted by Crippen LogP contribution is 2.35. The number of hydrogen-bond donors (Lipinski definition) is 2. The first-order valence-electron chi connectivity index (χ1n) is 12.3. The molecule has 1 aliphatic carbocycles. The maximum atomic E-state index is 13.2. The quantitative estimate of drug-likeness (QED) is 0.551. The molecule has 0 saturated heterocycles. The van der Waals surface area contributed by atoms with Gasteiger partial charge in [0.2, 0.25) is 11.8 Å². The van der Waals surface area contributed by atoms with Crippen molar-refractivity contribution >= 4 is 11.8 Å². The van der Waals surface area contributed by atoms with E-state index in [0.717, 1.165) is 37.7 Å². The van der Waals surface area contributed by atoms with Crippen LogP contribution in [0.25, 0.3) is 0 Å². The average molecular weight is 468 g/mol. The van der Waals surface area contributed by atoms with Gasteiger partial charge in [0.15, 0.2) is 0 Å². The van der Waals surface area contributed by atoms with Crippen molar-refractivity contribution in [2.24, 2.45) is 0 Å². The monoisotopic (exact) mass is 467 g/mol. The second kappa shape index (κ2) is 12.1. The number of benzene rings is 2. The Hall–Kier alpha value is -2.73. The largest absolute Gasteiger partial charge is 0.356 e. The van der Waals surface area contributed by atoms with E-state index in [1.54, 1.807) is 6.07 Å². The minimum absolute atomic E-state index is 0.0682. The number of carbonyl (C=O) groups is 2. The van der Waals surface area contributed by atoms with E-state index < -0.39 is 0 Å². The van der Waals surface area contributed by atoms with Gasteiger partial charge in [0, 0.05) is 31.0 Å². The minimum atomic E-state index is -0.277. The molecule has 0 radical (unpaired) electrons. The molecule has 0 unspecified atom stereocenters. The molecule has 1 saturated carbocycles. The highest BCUT2D eigenvalue weighted by molar-refractivity contribution is 5.83. The predicted octanol–water partition coefficient (Wildman–Crippen LogP) is 4.17. The van der Waals surface area contributed by atoms with Crippen molar-refractivity contribution in [2.75, 3.05) is 20.6 Å². The third-order valence-electron chi connectivity index (χ3n) is 7.05. The zero-order valence-corrected chi connectivity index (χ0v) is 20.7. The summed E-state index contributed by atoms with van der Waals surface area (Å²) in [6, 6.07) is 15.2. The summed E-state index contributed by atoms with van der Waals surface area (Å²) in [6.45, 7) is 2.56. The molecular weight excluding hydrogens is 429 g/mol. The molecule has 2 amide bonds. The van der Waals surface area contributed by atoms with Crippen LogP contribution in [0.3, 0.4) is 0 Å². The van der Waals surface area contributed by atoms with Gasteiger partial charge >= 0.3 is 0 Å². The number of aryl methyl sites for hydroxylation is 1. The second-order valence-corrected chi connectivity index (χ2v) is 9.86. The molecule has 2 aromatic carbocycles. The summed E-state index contributed by atoms with van der Waals surface area (Å²) in [6.07, 6.45) is 5.86. The Balaban J connectivity index is 1.38. The molecule has 0 heterocycles. The number of nitrogens with one attached hydrogen (secondary N) is 2. The van der Waals surface area contributed by atoms with Crippen LogP contribution in [0.15, 0.2) is 48.5 Å². The molecule has 0 aromatic heterocycles. The van der Waals surface area contributed by atoms with Gasteiger partial charge in [-0.15, -0.1) is 0 Å².